The summed E-state index contributed by atoms with van der Waals surface area (Å²) in [5, 5.41) is 2.67. The van der Waals surface area contributed by atoms with Gasteiger partial charge in [-0.1, -0.05) is 30.0 Å². The molecular weight excluding hydrogens is 441 g/mol. The average molecular weight is 465 g/mol. The summed E-state index contributed by atoms with van der Waals surface area (Å²) in [6, 6.07) is 11.4. The lowest BCUT2D eigenvalue weighted by atomic mass is 10.2. The van der Waals surface area contributed by atoms with Gasteiger partial charge >= 0.3 is 6.18 Å². The fourth-order valence-electron chi connectivity index (χ4n) is 2.96. The van der Waals surface area contributed by atoms with Gasteiger partial charge in [-0.15, -0.1) is 0 Å². The van der Waals surface area contributed by atoms with Crippen molar-refractivity contribution in [3.63, 3.8) is 0 Å². The Balaban J connectivity index is 1.85. The van der Waals surface area contributed by atoms with E-state index in [0.717, 1.165) is 23.9 Å². The summed E-state index contributed by atoms with van der Waals surface area (Å²) >= 11 is 1.09. The second-order valence-electron chi connectivity index (χ2n) is 7.50. The summed E-state index contributed by atoms with van der Waals surface area (Å²) in [6.07, 6.45) is -4.50. The first kappa shape index (κ1) is 23.8. The number of para-hydroxylation sites is 1. The molecule has 0 radical (unpaired) electrons. The number of hydrogen-bond acceptors (Lipinski definition) is 5. The molecule has 0 bridgehead atoms. The number of amides is 1. The molecule has 170 valence electrons. The number of rotatable bonds is 7. The van der Waals surface area contributed by atoms with Crippen LogP contribution in [0.25, 0.3) is 10.9 Å². The van der Waals surface area contributed by atoms with Gasteiger partial charge in [-0.05, 0) is 51.4 Å². The van der Waals surface area contributed by atoms with Crippen LogP contribution in [0.1, 0.15) is 12.5 Å². The number of alkyl halides is 3. The number of anilines is 1. The number of likely N-dealkylation sites (N-methyl/N-ethyl adjacent to an activating group) is 1. The monoisotopic (exact) mass is 464 g/mol. The topological polar surface area (TPSA) is 67.2 Å². The number of hydrogen-bond donors (Lipinski definition) is 1. The lowest BCUT2D eigenvalue weighted by Crippen LogP contribution is -2.30. The number of thioether (sulfide) groups is 1. The molecule has 2 aromatic carbocycles. The molecule has 1 amide bonds. The van der Waals surface area contributed by atoms with Crippen molar-refractivity contribution in [1.29, 1.82) is 0 Å². The fraction of sp³-hybridized carbons (Fsp3) is 0.318. The first-order valence-corrected chi connectivity index (χ1v) is 10.7. The third-order valence-corrected chi connectivity index (χ3v) is 5.80. The molecule has 0 saturated carbocycles. The van der Waals surface area contributed by atoms with Crippen LogP contribution in [-0.4, -0.2) is 46.2 Å². The van der Waals surface area contributed by atoms with Gasteiger partial charge in [-0.25, -0.2) is 4.98 Å². The normalized spacial score (nSPS) is 12.8. The van der Waals surface area contributed by atoms with E-state index in [0.29, 0.717) is 29.1 Å². The predicted octanol–water partition coefficient (Wildman–Crippen LogP) is 4.10. The minimum Gasteiger partial charge on any atom is -0.325 e. The van der Waals surface area contributed by atoms with E-state index in [2.05, 4.69) is 10.3 Å². The van der Waals surface area contributed by atoms with Gasteiger partial charge in [-0.2, -0.15) is 13.2 Å². The van der Waals surface area contributed by atoms with Gasteiger partial charge in [0.25, 0.3) is 5.56 Å². The van der Waals surface area contributed by atoms with E-state index < -0.39 is 22.9 Å². The summed E-state index contributed by atoms with van der Waals surface area (Å²) in [6.45, 7) is 2.59. The maximum atomic E-state index is 13.0. The summed E-state index contributed by atoms with van der Waals surface area (Å²) in [4.78, 5) is 32.2. The lowest BCUT2D eigenvalue weighted by Gasteiger charge is -2.18. The lowest BCUT2D eigenvalue weighted by molar-refractivity contribution is -0.137. The van der Waals surface area contributed by atoms with E-state index in [4.69, 9.17) is 0 Å². The van der Waals surface area contributed by atoms with Crippen LogP contribution in [-0.2, 0) is 17.5 Å². The number of nitrogens with one attached hydrogen (secondary N) is 1. The summed E-state index contributed by atoms with van der Waals surface area (Å²) in [5.41, 5.74) is -0.477. The van der Waals surface area contributed by atoms with Crippen molar-refractivity contribution in [2.45, 2.75) is 30.1 Å². The van der Waals surface area contributed by atoms with Crippen LogP contribution in [0.2, 0.25) is 0 Å². The van der Waals surface area contributed by atoms with E-state index in [1.165, 1.54) is 16.7 Å². The quantitative estimate of drug-likeness (QED) is 0.421. The zero-order valence-corrected chi connectivity index (χ0v) is 18.6. The Morgan fingerprint density at radius 2 is 1.91 bits per heavy atom. The standard InChI is InChI=1S/C22H23F3N4O2S/c1-14(19(30)26-16-8-6-7-15(13-16)22(23,24)25)32-21-27-18-10-5-4-9-17(18)20(31)29(21)12-11-28(2)3/h4-10,13-14H,11-12H2,1-3H3,(H,26,30). The van der Waals surface area contributed by atoms with E-state index in [1.807, 2.05) is 19.0 Å². The molecule has 0 aliphatic carbocycles. The van der Waals surface area contributed by atoms with Crippen LogP contribution in [0.3, 0.4) is 0 Å². The Morgan fingerprint density at radius 1 is 1.19 bits per heavy atom. The summed E-state index contributed by atoms with van der Waals surface area (Å²) in [7, 11) is 3.77. The molecule has 1 unspecified atom stereocenters. The molecule has 10 heteroatoms. The molecule has 1 heterocycles. The molecule has 0 spiro atoms. The number of benzene rings is 2. The minimum absolute atomic E-state index is 0.0498. The van der Waals surface area contributed by atoms with Crippen LogP contribution in [0.15, 0.2) is 58.5 Å². The van der Waals surface area contributed by atoms with Gasteiger partial charge in [0.2, 0.25) is 5.91 Å². The molecule has 1 atom stereocenters. The number of fused-ring (bicyclic) bond motifs is 1. The zero-order valence-electron chi connectivity index (χ0n) is 17.8. The van der Waals surface area contributed by atoms with Gasteiger partial charge in [0.1, 0.15) is 0 Å². The Hall–Kier alpha value is -2.85. The fourth-order valence-corrected chi connectivity index (χ4v) is 3.90. The molecular formula is C22H23F3N4O2S. The highest BCUT2D eigenvalue weighted by molar-refractivity contribution is 8.00. The van der Waals surface area contributed by atoms with Crippen LogP contribution < -0.4 is 10.9 Å². The zero-order chi connectivity index (χ0) is 23.5. The third kappa shape index (κ3) is 5.68. The second kappa shape index (κ2) is 9.74. The first-order chi connectivity index (χ1) is 15.1. The van der Waals surface area contributed by atoms with Crippen molar-refractivity contribution in [1.82, 2.24) is 14.5 Å². The minimum atomic E-state index is -4.50. The largest absolute Gasteiger partial charge is 0.416 e. The van der Waals surface area contributed by atoms with Crippen LogP contribution in [0, 0.1) is 0 Å². The van der Waals surface area contributed by atoms with Gasteiger partial charge in [0.05, 0.1) is 21.7 Å². The highest BCUT2D eigenvalue weighted by Gasteiger charge is 2.30. The van der Waals surface area contributed by atoms with Gasteiger partial charge in [0.15, 0.2) is 5.16 Å². The molecule has 1 N–H and O–H groups in total. The third-order valence-electron chi connectivity index (χ3n) is 4.71. The Labute approximate surface area is 187 Å². The molecule has 0 aliphatic rings. The maximum absolute atomic E-state index is 13.0. The summed E-state index contributed by atoms with van der Waals surface area (Å²) in [5.74, 6) is -0.490. The van der Waals surface area contributed by atoms with Gasteiger partial charge in [-0.3, -0.25) is 14.2 Å². The van der Waals surface area contributed by atoms with E-state index in [-0.39, 0.29) is 11.2 Å². The summed E-state index contributed by atoms with van der Waals surface area (Å²) < 4.78 is 40.3. The van der Waals surface area contributed by atoms with E-state index in [1.54, 1.807) is 31.2 Å². The van der Waals surface area contributed by atoms with Crippen molar-refractivity contribution in [2.24, 2.45) is 0 Å². The number of carbonyl (C=O) groups excluding carboxylic acids is 1. The number of carbonyl (C=O) groups is 1. The second-order valence-corrected chi connectivity index (χ2v) is 8.81. The Kier molecular flexibility index (Phi) is 7.25. The Bertz CT molecular complexity index is 1180. The smallest absolute Gasteiger partial charge is 0.325 e. The van der Waals surface area contributed by atoms with Crippen molar-refractivity contribution in [2.75, 3.05) is 26.0 Å². The highest BCUT2D eigenvalue weighted by atomic mass is 32.2. The van der Waals surface area contributed by atoms with E-state index >= 15 is 0 Å². The number of nitrogens with zero attached hydrogens (tertiary/aromatic N) is 3. The molecule has 0 aliphatic heterocycles. The van der Waals surface area contributed by atoms with Crippen LogP contribution in [0.5, 0.6) is 0 Å². The molecule has 1 aromatic heterocycles. The molecule has 3 aromatic rings. The average Bonchev–Trinajstić information content (AvgIpc) is 2.73. The SMILES string of the molecule is CC(Sc1nc2ccccc2c(=O)n1CCN(C)C)C(=O)Nc1cccc(C(F)(F)F)c1. The Morgan fingerprint density at radius 3 is 2.59 bits per heavy atom. The maximum Gasteiger partial charge on any atom is 0.416 e. The number of halogens is 3. The van der Waals surface area contributed by atoms with Crippen LogP contribution >= 0.6 is 11.8 Å². The molecule has 32 heavy (non-hydrogen) atoms. The van der Waals surface area contributed by atoms with E-state index in [9.17, 15) is 22.8 Å². The van der Waals surface area contributed by atoms with Crippen LogP contribution in [0.4, 0.5) is 18.9 Å². The number of aromatic nitrogens is 2. The van der Waals surface area contributed by atoms with Crippen molar-refractivity contribution >= 4 is 34.3 Å². The van der Waals surface area contributed by atoms with Crippen molar-refractivity contribution in [3.05, 3.63) is 64.4 Å². The van der Waals surface area contributed by atoms with Gasteiger partial charge < -0.3 is 10.2 Å². The highest BCUT2D eigenvalue weighted by Crippen LogP contribution is 2.31. The molecule has 0 fully saturated rings. The first-order valence-electron chi connectivity index (χ1n) is 9.85. The van der Waals surface area contributed by atoms with Crippen molar-refractivity contribution in [3.8, 4) is 0 Å². The predicted molar refractivity (Wildman–Crippen MR) is 120 cm³/mol. The van der Waals surface area contributed by atoms with Gasteiger partial charge in [0, 0.05) is 18.8 Å². The van der Waals surface area contributed by atoms with Crippen molar-refractivity contribution < 1.29 is 18.0 Å². The molecule has 3 rings (SSSR count). The molecule has 0 saturated heterocycles. The molecule has 6 nitrogen and oxygen atoms in total.